The van der Waals surface area contributed by atoms with E-state index in [1.807, 2.05) is 6.92 Å². The lowest BCUT2D eigenvalue weighted by molar-refractivity contribution is 0.0929. The number of carbonyl (C=O) groups is 1. The topological polar surface area (TPSA) is 80.0 Å². The van der Waals surface area contributed by atoms with Crippen LogP contribution < -0.4 is 10.6 Å². The fourth-order valence-electron chi connectivity index (χ4n) is 1.47. The maximum Gasteiger partial charge on any atom is 0.272 e. The summed E-state index contributed by atoms with van der Waals surface area (Å²) in [5.41, 5.74) is 0.271. The van der Waals surface area contributed by atoms with E-state index in [0.29, 0.717) is 11.6 Å². The third-order valence-electron chi connectivity index (χ3n) is 2.47. The quantitative estimate of drug-likeness (QED) is 0.856. The summed E-state index contributed by atoms with van der Waals surface area (Å²) in [5.74, 6) is 1.03. The van der Waals surface area contributed by atoms with Gasteiger partial charge in [0.2, 0.25) is 0 Å². The number of aromatic nitrogens is 2. The zero-order valence-corrected chi connectivity index (χ0v) is 10.2. The third kappa shape index (κ3) is 2.65. The van der Waals surface area contributed by atoms with E-state index in [1.165, 1.54) is 0 Å². The number of amides is 1. The molecule has 0 spiro atoms. The van der Waals surface area contributed by atoms with Crippen LogP contribution >= 0.6 is 0 Å². The Morgan fingerprint density at radius 1 is 1.33 bits per heavy atom. The van der Waals surface area contributed by atoms with Crippen molar-refractivity contribution in [1.82, 2.24) is 15.5 Å². The summed E-state index contributed by atoms with van der Waals surface area (Å²) < 4.78 is 5.21. The van der Waals surface area contributed by atoms with Crippen LogP contribution in [0.15, 0.2) is 34.9 Å². The van der Waals surface area contributed by atoms with E-state index in [0.717, 1.165) is 0 Å². The van der Waals surface area contributed by atoms with Crippen LogP contribution in [0.1, 0.15) is 29.2 Å². The number of anilines is 1. The first-order valence-corrected chi connectivity index (χ1v) is 5.56. The molecule has 2 N–H and O–H groups in total. The first-order chi connectivity index (χ1) is 8.70. The van der Waals surface area contributed by atoms with Crippen molar-refractivity contribution in [2.75, 3.05) is 12.4 Å². The number of hydrogen-bond acceptors (Lipinski definition) is 5. The SMILES string of the molecule is CNc1ccc(C(=O)NC(C)c2ccco2)nn1. The Bertz CT molecular complexity index is 507. The summed E-state index contributed by atoms with van der Waals surface area (Å²) in [7, 11) is 1.74. The van der Waals surface area contributed by atoms with E-state index >= 15 is 0 Å². The van der Waals surface area contributed by atoms with E-state index in [4.69, 9.17) is 4.42 Å². The molecule has 6 nitrogen and oxygen atoms in total. The predicted molar refractivity (Wildman–Crippen MR) is 66.2 cm³/mol. The molecule has 0 radical (unpaired) electrons. The molecular weight excluding hydrogens is 232 g/mol. The summed E-state index contributed by atoms with van der Waals surface area (Å²) in [6, 6.07) is 6.68. The highest BCUT2D eigenvalue weighted by Crippen LogP contribution is 2.12. The normalized spacial score (nSPS) is 11.9. The molecule has 1 amide bonds. The minimum atomic E-state index is -0.283. The predicted octanol–water partition coefficient (Wildman–Crippen LogP) is 1.60. The van der Waals surface area contributed by atoms with Crippen molar-refractivity contribution in [2.24, 2.45) is 0 Å². The second kappa shape index (κ2) is 5.31. The average molecular weight is 246 g/mol. The third-order valence-corrected chi connectivity index (χ3v) is 2.47. The Balaban J connectivity index is 2.03. The Morgan fingerprint density at radius 2 is 2.17 bits per heavy atom. The number of rotatable bonds is 4. The van der Waals surface area contributed by atoms with Crippen LogP contribution in [0.5, 0.6) is 0 Å². The molecular formula is C12H14N4O2. The second-order valence-electron chi connectivity index (χ2n) is 3.76. The van der Waals surface area contributed by atoms with Crippen molar-refractivity contribution in [2.45, 2.75) is 13.0 Å². The van der Waals surface area contributed by atoms with Crippen LogP contribution in [0.3, 0.4) is 0 Å². The highest BCUT2D eigenvalue weighted by atomic mass is 16.3. The Kier molecular flexibility index (Phi) is 3.57. The highest BCUT2D eigenvalue weighted by molar-refractivity contribution is 5.92. The van der Waals surface area contributed by atoms with Gasteiger partial charge in [-0.25, -0.2) is 0 Å². The molecule has 0 aliphatic heterocycles. The van der Waals surface area contributed by atoms with Gasteiger partial charge in [0.15, 0.2) is 5.69 Å². The monoisotopic (exact) mass is 246 g/mol. The molecule has 0 aliphatic carbocycles. The standard InChI is InChI=1S/C12H14N4O2/c1-8(10-4-3-7-18-10)14-12(17)9-5-6-11(13-2)16-15-9/h3-8H,1-2H3,(H,13,16)(H,14,17). The average Bonchev–Trinajstić information content (AvgIpc) is 2.92. The fraction of sp³-hybridized carbons (Fsp3) is 0.250. The van der Waals surface area contributed by atoms with Gasteiger partial charge in [-0.2, -0.15) is 0 Å². The number of furan rings is 1. The van der Waals surface area contributed by atoms with Crippen molar-refractivity contribution in [1.29, 1.82) is 0 Å². The van der Waals surface area contributed by atoms with Crippen LogP contribution in [-0.4, -0.2) is 23.2 Å². The molecule has 1 atom stereocenters. The van der Waals surface area contributed by atoms with E-state index in [9.17, 15) is 4.79 Å². The minimum absolute atomic E-state index is 0.210. The molecule has 0 saturated heterocycles. The molecule has 2 heterocycles. The minimum Gasteiger partial charge on any atom is -0.467 e. The first-order valence-electron chi connectivity index (χ1n) is 5.56. The molecule has 0 bridgehead atoms. The number of nitrogens with one attached hydrogen (secondary N) is 2. The molecule has 0 saturated carbocycles. The molecule has 6 heteroatoms. The van der Waals surface area contributed by atoms with Crippen molar-refractivity contribution >= 4 is 11.7 Å². The van der Waals surface area contributed by atoms with Gasteiger partial charge in [0, 0.05) is 7.05 Å². The van der Waals surface area contributed by atoms with Crippen molar-refractivity contribution in [3.8, 4) is 0 Å². The lowest BCUT2D eigenvalue weighted by atomic mass is 10.2. The van der Waals surface area contributed by atoms with E-state index in [-0.39, 0.29) is 17.6 Å². The maximum atomic E-state index is 11.9. The zero-order chi connectivity index (χ0) is 13.0. The maximum absolute atomic E-state index is 11.9. The van der Waals surface area contributed by atoms with Gasteiger partial charge in [0.1, 0.15) is 11.6 Å². The zero-order valence-electron chi connectivity index (χ0n) is 10.2. The highest BCUT2D eigenvalue weighted by Gasteiger charge is 2.14. The Morgan fingerprint density at radius 3 is 2.72 bits per heavy atom. The Hall–Kier alpha value is -2.37. The smallest absolute Gasteiger partial charge is 0.272 e. The number of hydrogen-bond donors (Lipinski definition) is 2. The van der Waals surface area contributed by atoms with Gasteiger partial charge in [0.25, 0.3) is 5.91 Å². The number of carbonyl (C=O) groups excluding carboxylic acids is 1. The van der Waals surface area contributed by atoms with Gasteiger partial charge in [0.05, 0.1) is 12.3 Å². The van der Waals surface area contributed by atoms with Gasteiger partial charge in [-0.1, -0.05) is 0 Å². The molecule has 0 fully saturated rings. The molecule has 2 aromatic heterocycles. The van der Waals surface area contributed by atoms with Gasteiger partial charge in [-0.3, -0.25) is 4.79 Å². The van der Waals surface area contributed by atoms with Crippen LogP contribution in [0, 0.1) is 0 Å². The van der Waals surface area contributed by atoms with Crippen LogP contribution in [-0.2, 0) is 0 Å². The van der Waals surface area contributed by atoms with Crippen LogP contribution in [0.25, 0.3) is 0 Å². The molecule has 0 aliphatic rings. The van der Waals surface area contributed by atoms with Crippen molar-refractivity contribution in [3.63, 3.8) is 0 Å². The number of nitrogens with zero attached hydrogens (tertiary/aromatic N) is 2. The lowest BCUT2D eigenvalue weighted by Crippen LogP contribution is -2.27. The van der Waals surface area contributed by atoms with Crippen LogP contribution in [0.4, 0.5) is 5.82 Å². The summed E-state index contributed by atoms with van der Waals surface area (Å²) in [5, 5.41) is 13.3. The van der Waals surface area contributed by atoms with Gasteiger partial charge >= 0.3 is 0 Å². The molecule has 1 unspecified atom stereocenters. The summed E-state index contributed by atoms with van der Waals surface area (Å²) >= 11 is 0. The summed E-state index contributed by atoms with van der Waals surface area (Å²) in [6.07, 6.45) is 1.57. The first kappa shape index (κ1) is 12.1. The molecule has 2 rings (SSSR count). The lowest BCUT2D eigenvalue weighted by Gasteiger charge is -2.10. The fourth-order valence-corrected chi connectivity index (χ4v) is 1.47. The van der Waals surface area contributed by atoms with Gasteiger partial charge in [-0.15, -0.1) is 10.2 Å². The summed E-state index contributed by atoms with van der Waals surface area (Å²) in [4.78, 5) is 11.9. The molecule has 0 aromatic carbocycles. The molecule has 18 heavy (non-hydrogen) atoms. The van der Waals surface area contributed by atoms with Gasteiger partial charge in [-0.05, 0) is 31.2 Å². The molecule has 94 valence electrons. The van der Waals surface area contributed by atoms with Crippen LogP contribution in [0.2, 0.25) is 0 Å². The van der Waals surface area contributed by atoms with E-state index in [1.54, 1.807) is 37.6 Å². The second-order valence-corrected chi connectivity index (χ2v) is 3.76. The summed E-state index contributed by atoms with van der Waals surface area (Å²) in [6.45, 7) is 1.84. The molecule has 2 aromatic rings. The van der Waals surface area contributed by atoms with Crippen molar-refractivity contribution in [3.05, 3.63) is 42.0 Å². The largest absolute Gasteiger partial charge is 0.467 e. The van der Waals surface area contributed by atoms with Crippen molar-refractivity contribution < 1.29 is 9.21 Å². The van der Waals surface area contributed by atoms with Gasteiger partial charge < -0.3 is 15.1 Å². The van der Waals surface area contributed by atoms with E-state index in [2.05, 4.69) is 20.8 Å². The van der Waals surface area contributed by atoms with E-state index < -0.39 is 0 Å². The Labute approximate surface area is 104 Å².